The Hall–Kier alpha value is -1.59. The fourth-order valence-corrected chi connectivity index (χ4v) is 4.29. The molecule has 1 saturated carbocycles. The number of hydrogen-bond donors (Lipinski definition) is 1. The van der Waals surface area contributed by atoms with Crippen LogP contribution in [0.15, 0.2) is 18.5 Å². The monoisotopic (exact) mass is 361 g/mol. The molecule has 0 spiro atoms. The highest BCUT2D eigenvalue weighted by Gasteiger charge is 2.27. The molecule has 1 N–H and O–H groups in total. The zero-order chi connectivity index (χ0) is 17.4. The van der Waals surface area contributed by atoms with Gasteiger partial charge in [0, 0.05) is 18.9 Å². The highest BCUT2D eigenvalue weighted by molar-refractivity contribution is 6.36. The Kier molecular flexibility index (Phi) is 4.69. The summed E-state index contributed by atoms with van der Waals surface area (Å²) in [6.07, 6.45) is 8.54. The van der Waals surface area contributed by atoms with Crippen molar-refractivity contribution in [1.29, 1.82) is 0 Å². The highest BCUT2D eigenvalue weighted by atomic mass is 35.5. The van der Waals surface area contributed by atoms with Crippen molar-refractivity contribution in [2.24, 2.45) is 11.8 Å². The zero-order valence-electron chi connectivity index (χ0n) is 14.5. The lowest BCUT2D eigenvalue weighted by atomic mass is 9.82. The molecule has 0 aromatic carbocycles. The van der Waals surface area contributed by atoms with Crippen LogP contribution in [0.5, 0.6) is 0 Å². The van der Waals surface area contributed by atoms with Gasteiger partial charge in [0.1, 0.15) is 5.65 Å². The van der Waals surface area contributed by atoms with Crippen LogP contribution in [-0.2, 0) is 4.74 Å². The van der Waals surface area contributed by atoms with Crippen molar-refractivity contribution in [3.63, 3.8) is 0 Å². The molecule has 2 aliphatic rings. The molecular formula is C19H24ClN3O2. The molecule has 3 heterocycles. The molecule has 25 heavy (non-hydrogen) atoms. The number of rotatable bonds is 4. The predicted molar refractivity (Wildman–Crippen MR) is 98.1 cm³/mol. The number of nitrogens with zero attached hydrogens (tertiary/aromatic N) is 2. The molecule has 1 aliphatic carbocycles. The molecule has 0 bridgehead atoms. The van der Waals surface area contributed by atoms with Crippen molar-refractivity contribution < 1.29 is 9.53 Å². The van der Waals surface area contributed by atoms with E-state index in [0.717, 1.165) is 23.5 Å². The maximum atomic E-state index is 12.8. The summed E-state index contributed by atoms with van der Waals surface area (Å²) in [5.74, 6) is 1.28. The Morgan fingerprint density at radius 3 is 3.00 bits per heavy atom. The Bertz CT molecular complexity index is 784. The number of carbonyl (C=O) groups is 1. The second kappa shape index (κ2) is 6.96. The molecule has 2 atom stereocenters. The lowest BCUT2D eigenvalue weighted by Gasteiger charge is -2.27. The van der Waals surface area contributed by atoms with Gasteiger partial charge in [-0.25, -0.2) is 4.98 Å². The number of pyridine rings is 1. The van der Waals surface area contributed by atoms with E-state index in [-0.39, 0.29) is 11.9 Å². The molecule has 0 radical (unpaired) electrons. The fourth-order valence-electron chi connectivity index (χ4n) is 4.05. The molecule has 1 amide bonds. The number of ether oxygens (including phenoxy) is 1. The summed E-state index contributed by atoms with van der Waals surface area (Å²) < 4.78 is 7.32. The lowest BCUT2D eigenvalue weighted by molar-refractivity contribution is -0.0216. The van der Waals surface area contributed by atoms with Crippen LogP contribution in [0.4, 0.5) is 0 Å². The van der Waals surface area contributed by atoms with Gasteiger partial charge in [-0.1, -0.05) is 31.4 Å². The van der Waals surface area contributed by atoms with Crippen LogP contribution in [0.2, 0.25) is 5.02 Å². The first-order valence-electron chi connectivity index (χ1n) is 9.14. The number of hydrogen-bond acceptors (Lipinski definition) is 3. The number of fused-ring (bicyclic) bond motifs is 1. The molecule has 2 aromatic heterocycles. The van der Waals surface area contributed by atoms with Crippen molar-refractivity contribution >= 4 is 28.5 Å². The van der Waals surface area contributed by atoms with Gasteiger partial charge >= 0.3 is 0 Å². The summed E-state index contributed by atoms with van der Waals surface area (Å²) in [6.45, 7) is 4.34. The third kappa shape index (κ3) is 3.27. The van der Waals surface area contributed by atoms with Crippen LogP contribution in [0.25, 0.3) is 11.0 Å². The van der Waals surface area contributed by atoms with Crippen LogP contribution >= 0.6 is 11.6 Å². The fraction of sp³-hybridized carbons (Fsp3) is 0.579. The van der Waals surface area contributed by atoms with E-state index >= 15 is 0 Å². The first-order chi connectivity index (χ1) is 12.1. The van der Waals surface area contributed by atoms with Gasteiger partial charge < -0.3 is 14.6 Å². The van der Waals surface area contributed by atoms with E-state index in [0.29, 0.717) is 29.7 Å². The molecule has 134 valence electrons. The Morgan fingerprint density at radius 2 is 2.28 bits per heavy atom. The van der Waals surface area contributed by atoms with Crippen LogP contribution < -0.4 is 5.32 Å². The number of carbonyl (C=O) groups excluding carboxylic acids is 1. The summed E-state index contributed by atoms with van der Waals surface area (Å²) in [4.78, 5) is 17.3. The van der Waals surface area contributed by atoms with Crippen molar-refractivity contribution in [2.75, 3.05) is 19.8 Å². The van der Waals surface area contributed by atoms with Crippen molar-refractivity contribution in [2.45, 2.75) is 38.6 Å². The standard InChI is InChI=1S/C19H24ClN3O2/c1-12-3-2-4-13(7-12)8-22-19(24)15-9-23(14-10-25-11-14)18-17(15)16(20)5-6-21-18/h5-6,9,12-14H,2-4,7-8,10-11H2,1H3,(H,22,24). The molecule has 1 aliphatic heterocycles. The van der Waals surface area contributed by atoms with Gasteiger partial charge in [-0.15, -0.1) is 0 Å². The van der Waals surface area contributed by atoms with Gasteiger partial charge in [-0.05, 0) is 30.7 Å². The first kappa shape index (κ1) is 16.9. The summed E-state index contributed by atoms with van der Waals surface area (Å²) in [6, 6.07) is 1.97. The van der Waals surface area contributed by atoms with E-state index in [2.05, 4.69) is 17.2 Å². The summed E-state index contributed by atoms with van der Waals surface area (Å²) in [5.41, 5.74) is 1.38. The van der Waals surface area contributed by atoms with Crippen molar-refractivity contribution in [3.8, 4) is 0 Å². The minimum Gasteiger partial charge on any atom is -0.377 e. The smallest absolute Gasteiger partial charge is 0.253 e. The van der Waals surface area contributed by atoms with E-state index in [4.69, 9.17) is 16.3 Å². The highest BCUT2D eigenvalue weighted by Crippen LogP contribution is 2.32. The molecule has 2 unspecified atom stereocenters. The number of amides is 1. The number of aromatic nitrogens is 2. The van der Waals surface area contributed by atoms with E-state index in [1.807, 2.05) is 10.8 Å². The normalized spacial score (nSPS) is 24.2. The lowest BCUT2D eigenvalue weighted by Crippen LogP contribution is -2.32. The molecule has 2 fully saturated rings. The van der Waals surface area contributed by atoms with Gasteiger partial charge in [-0.2, -0.15) is 0 Å². The summed E-state index contributed by atoms with van der Waals surface area (Å²) in [7, 11) is 0. The average molecular weight is 362 g/mol. The average Bonchev–Trinajstić information content (AvgIpc) is 2.92. The van der Waals surface area contributed by atoms with E-state index in [1.165, 1.54) is 25.7 Å². The quantitative estimate of drug-likeness (QED) is 0.900. The number of nitrogens with one attached hydrogen (secondary N) is 1. The molecule has 2 aromatic rings. The Labute approximate surface area is 152 Å². The second-order valence-electron chi connectivity index (χ2n) is 7.48. The topological polar surface area (TPSA) is 56.2 Å². The molecule has 1 saturated heterocycles. The molecule has 6 heteroatoms. The first-order valence-corrected chi connectivity index (χ1v) is 9.52. The SMILES string of the molecule is CC1CCCC(CNC(=O)c2cn(C3COC3)c3nccc(Cl)c23)C1. The zero-order valence-corrected chi connectivity index (χ0v) is 15.3. The van der Waals surface area contributed by atoms with Gasteiger partial charge in [0.25, 0.3) is 5.91 Å². The Balaban J connectivity index is 1.56. The third-order valence-corrected chi connectivity index (χ3v) is 5.83. The van der Waals surface area contributed by atoms with E-state index in [1.54, 1.807) is 12.3 Å². The maximum Gasteiger partial charge on any atom is 0.253 e. The molecular weight excluding hydrogens is 338 g/mol. The second-order valence-corrected chi connectivity index (χ2v) is 7.89. The van der Waals surface area contributed by atoms with Gasteiger partial charge in [0.15, 0.2) is 0 Å². The van der Waals surface area contributed by atoms with Gasteiger partial charge in [0.05, 0.1) is 35.2 Å². The van der Waals surface area contributed by atoms with Crippen LogP contribution in [0, 0.1) is 11.8 Å². The minimum atomic E-state index is -0.0582. The largest absolute Gasteiger partial charge is 0.377 e. The minimum absolute atomic E-state index is 0.0582. The van der Waals surface area contributed by atoms with Crippen LogP contribution in [0.3, 0.4) is 0 Å². The maximum absolute atomic E-state index is 12.8. The number of halogens is 1. The Morgan fingerprint density at radius 1 is 1.44 bits per heavy atom. The van der Waals surface area contributed by atoms with Crippen LogP contribution in [-0.4, -0.2) is 35.2 Å². The molecule has 4 rings (SSSR count). The molecule has 5 nitrogen and oxygen atoms in total. The van der Waals surface area contributed by atoms with Gasteiger partial charge in [0.2, 0.25) is 0 Å². The van der Waals surface area contributed by atoms with Gasteiger partial charge in [-0.3, -0.25) is 4.79 Å². The van der Waals surface area contributed by atoms with Crippen molar-refractivity contribution in [1.82, 2.24) is 14.9 Å². The predicted octanol–water partition coefficient (Wildman–Crippen LogP) is 3.82. The third-order valence-electron chi connectivity index (χ3n) is 5.52. The van der Waals surface area contributed by atoms with E-state index in [9.17, 15) is 4.79 Å². The van der Waals surface area contributed by atoms with Crippen molar-refractivity contribution in [3.05, 3.63) is 29.0 Å². The summed E-state index contributed by atoms with van der Waals surface area (Å²) >= 11 is 6.39. The van der Waals surface area contributed by atoms with Crippen LogP contribution in [0.1, 0.15) is 49.0 Å². The summed E-state index contributed by atoms with van der Waals surface area (Å²) in [5, 5.41) is 4.44. The van der Waals surface area contributed by atoms with E-state index < -0.39 is 0 Å².